The molecule has 0 aliphatic heterocycles. The molecule has 7 nitrogen and oxygen atoms in total. The molecule has 0 radical (unpaired) electrons. The summed E-state index contributed by atoms with van der Waals surface area (Å²) in [6.45, 7) is 3.30. The van der Waals surface area contributed by atoms with Crippen molar-refractivity contribution in [1.82, 2.24) is 20.1 Å². The van der Waals surface area contributed by atoms with Crippen LogP contribution in [0.25, 0.3) is 22.2 Å². The van der Waals surface area contributed by atoms with Crippen molar-refractivity contribution in [3.8, 4) is 22.8 Å². The van der Waals surface area contributed by atoms with Gasteiger partial charge in [-0.25, -0.2) is 4.98 Å². The first kappa shape index (κ1) is 21.4. The third-order valence-corrected chi connectivity index (χ3v) is 5.36. The highest BCUT2D eigenvalue weighted by Crippen LogP contribution is 2.28. The summed E-state index contributed by atoms with van der Waals surface area (Å²) >= 11 is 0. The first-order valence-electron chi connectivity index (χ1n) is 10.5. The van der Waals surface area contributed by atoms with E-state index in [0.717, 1.165) is 34.3 Å². The van der Waals surface area contributed by atoms with E-state index < -0.39 is 0 Å². The Balaban J connectivity index is 1.55. The van der Waals surface area contributed by atoms with Crippen LogP contribution in [0.3, 0.4) is 0 Å². The summed E-state index contributed by atoms with van der Waals surface area (Å²) in [5, 5.41) is 8.20. The second-order valence-electron chi connectivity index (χ2n) is 7.35. The van der Waals surface area contributed by atoms with Gasteiger partial charge in [-0.15, -0.1) is 0 Å². The second kappa shape index (κ2) is 9.51. The molecular formula is C25H26N4O3. The number of nitrogens with zero attached hydrogens (tertiary/aromatic N) is 3. The summed E-state index contributed by atoms with van der Waals surface area (Å²) in [5.74, 6) is 1.23. The molecular weight excluding hydrogens is 404 g/mol. The number of ether oxygens (including phenoxy) is 2. The number of hydrogen-bond acceptors (Lipinski definition) is 5. The lowest BCUT2D eigenvalue weighted by molar-refractivity contribution is 0.0955. The van der Waals surface area contributed by atoms with Crippen molar-refractivity contribution in [2.45, 2.75) is 19.9 Å². The Hall–Kier alpha value is -3.87. The number of fused-ring (bicyclic) bond motifs is 1. The molecule has 0 saturated heterocycles. The van der Waals surface area contributed by atoms with Crippen LogP contribution in [0.5, 0.6) is 11.5 Å². The lowest BCUT2D eigenvalue weighted by Crippen LogP contribution is -2.26. The minimum absolute atomic E-state index is 0.131. The van der Waals surface area contributed by atoms with Crippen molar-refractivity contribution in [3.05, 3.63) is 72.1 Å². The van der Waals surface area contributed by atoms with Crippen LogP contribution in [-0.4, -0.2) is 41.4 Å². The molecule has 2 aromatic heterocycles. The Morgan fingerprint density at radius 1 is 1.06 bits per heavy atom. The minimum atomic E-state index is -0.131. The summed E-state index contributed by atoms with van der Waals surface area (Å²) in [7, 11) is 3.22. The molecule has 0 aliphatic carbocycles. The number of para-hydroxylation sites is 1. The first-order valence-corrected chi connectivity index (χ1v) is 10.5. The van der Waals surface area contributed by atoms with E-state index in [1.54, 1.807) is 20.4 Å². The number of nitrogens with one attached hydrogen (secondary N) is 1. The fraction of sp³-hybridized carbons (Fsp3) is 0.240. The smallest absolute Gasteiger partial charge is 0.252 e. The summed E-state index contributed by atoms with van der Waals surface area (Å²) in [6.07, 6.45) is 4.39. The maximum absolute atomic E-state index is 13.1. The van der Waals surface area contributed by atoms with Crippen molar-refractivity contribution < 1.29 is 14.3 Å². The predicted octanol–water partition coefficient (Wildman–Crippen LogP) is 4.11. The molecule has 0 unspecified atom stereocenters. The van der Waals surface area contributed by atoms with Crippen LogP contribution >= 0.6 is 0 Å². The van der Waals surface area contributed by atoms with Crippen molar-refractivity contribution >= 4 is 16.8 Å². The van der Waals surface area contributed by atoms with Crippen LogP contribution in [0.1, 0.15) is 22.8 Å². The van der Waals surface area contributed by atoms with Crippen LogP contribution in [0, 0.1) is 0 Å². The highest BCUT2D eigenvalue weighted by molar-refractivity contribution is 6.07. The summed E-state index contributed by atoms with van der Waals surface area (Å²) in [6, 6.07) is 15.3. The molecule has 0 saturated carbocycles. The van der Waals surface area contributed by atoms with Crippen molar-refractivity contribution in [2.24, 2.45) is 0 Å². The molecule has 2 heterocycles. The van der Waals surface area contributed by atoms with Gasteiger partial charge in [0.2, 0.25) is 0 Å². The molecule has 0 fully saturated rings. The Morgan fingerprint density at radius 2 is 1.88 bits per heavy atom. The normalized spacial score (nSPS) is 10.8. The number of benzene rings is 2. The van der Waals surface area contributed by atoms with Crippen LogP contribution in [0.15, 0.2) is 60.9 Å². The highest BCUT2D eigenvalue weighted by atomic mass is 16.5. The van der Waals surface area contributed by atoms with Gasteiger partial charge in [0.25, 0.3) is 5.91 Å². The van der Waals surface area contributed by atoms with E-state index in [2.05, 4.69) is 10.4 Å². The van der Waals surface area contributed by atoms with E-state index in [0.29, 0.717) is 30.0 Å². The molecule has 0 spiro atoms. The average molecular weight is 431 g/mol. The molecule has 4 rings (SSSR count). The summed E-state index contributed by atoms with van der Waals surface area (Å²) < 4.78 is 12.5. The van der Waals surface area contributed by atoms with Crippen LogP contribution in [0.2, 0.25) is 0 Å². The van der Waals surface area contributed by atoms with Gasteiger partial charge in [0.05, 0.1) is 37.2 Å². The molecule has 7 heteroatoms. The lowest BCUT2D eigenvalue weighted by atomic mass is 10.0. The third kappa shape index (κ3) is 4.42. The topological polar surface area (TPSA) is 78.3 Å². The molecule has 164 valence electrons. The second-order valence-corrected chi connectivity index (χ2v) is 7.35. The third-order valence-electron chi connectivity index (χ3n) is 5.36. The molecule has 0 atom stereocenters. The van der Waals surface area contributed by atoms with Gasteiger partial charge in [0, 0.05) is 30.2 Å². The zero-order valence-electron chi connectivity index (χ0n) is 18.5. The Labute approximate surface area is 187 Å². The van der Waals surface area contributed by atoms with Crippen LogP contribution in [0.4, 0.5) is 0 Å². The number of aromatic nitrogens is 3. The molecule has 1 N–H and O–H groups in total. The van der Waals surface area contributed by atoms with Gasteiger partial charge in [0.15, 0.2) is 11.5 Å². The van der Waals surface area contributed by atoms with E-state index in [9.17, 15) is 4.79 Å². The fourth-order valence-electron chi connectivity index (χ4n) is 3.63. The Bertz CT molecular complexity index is 1250. The van der Waals surface area contributed by atoms with Gasteiger partial charge < -0.3 is 14.8 Å². The van der Waals surface area contributed by atoms with Gasteiger partial charge in [-0.3, -0.25) is 9.48 Å². The molecule has 1 amide bonds. The monoisotopic (exact) mass is 430 g/mol. The molecule has 4 aromatic rings. The van der Waals surface area contributed by atoms with E-state index >= 15 is 0 Å². The number of carbonyl (C=O) groups excluding carboxylic acids is 1. The van der Waals surface area contributed by atoms with Gasteiger partial charge in [-0.1, -0.05) is 24.3 Å². The maximum Gasteiger partial charge on any atom is 0.252 e. The van der Waals surface area contributed by atoms with Gasteiger partial charge in [-0.2, -0.15) is 5.10 Å². The number of methoxy groups -OCH3 is 2. The standard InChI is InChI=1S/C25H26N4O3/c1-4-29-16-18(15-27-29)22-14-20(19-7-5-6-8-21(19)28-22)25(30)26-12-11-17-9-10-23(31-2)24(13-17)32-3/h5-10,13-16H,4,11-12H2,1-3H3,(H,26,30). The predicted molar refractivity (Wildman–Crippen MR) is 124 cm³/mol. The van der Waals surface area contributed by atoms with E-state index in [-0.39, 0.29) is 5.91 Å². The molecule has 32 heavy (non-hydrogen) atoms. The van der Waals surface area contributed by atoms with Crippen LogP contribution < -0.4 is 14.8 Å². The Morgan fingerprint density at radius 3 is 2.62 bits per heavy atom. The SMILES string of the molecule is CCn1cc(-c2cc(C(=O)NCCc3ccc(OC)c(OC)c3)c3ccccc3n2)cn1. The first-order chi connectivity index (χ1) is 15.6. The number of aryl methyl sites for hydroxylation is 1. The Kier molecular flexibility index (Phi) is 6.35. The van der Waals surface area contributed by atoms with E-state index in [1.807, 2.05) is 66.3 Å². The summed E-state index contributed by atoms with van der Waals surface area (Å²) in [4.78, 5) is 17.9. The van der Waals surface area contributed by atoms with Crippen molar-refractivity contribution in [1.29, 1.82) is 0 Å². The van der Waals surface area contributed by atoms with Crippen molar-refractivity contribution in [2.75, 3.05) is 20.8 Å². The number of carbonyl (C=O) groups is 1. The quantitative estimate of drug-likeness (QED) is 0.455. The van der Waals surface area contributed by atoms with Gasteiger partial charge >= 0.3 is 0 Å². The van der Waals surface area contributed by atoms with E-state index in [4.69, 9.17) is 14.5 Å². The largest absolute Gasteiger partial charge is 0.493 e. The zero-order valence-corrected chi connectivity index (χ0v) is 18.5. The van der Waals surface area contributed by atoms with Crippen molar-refractivity contribution in [3.63, 3.8) is 0 Å². The number of rotatable bonds is 8. The van der Waals surface area contributed by atoms with Gasteiger partial charge in [-0.05, 0) is 43.2 Å². The number of amides is 1. The highest BCUT2D eigenvalue weighted by Gasteiger charge is 2.15. The zero-order chi connectivity index (χ0) is 22.5. The minimum Gasteiger partial charge on any atom is -0.493 e. The lowest BCUT2D eigenvalue weighted by Gasteiger charge is -2.11. The van der Waals surface area contributed by atoms with Crippen LogP contribution in [-0.2, 0) is 13.0 Å². The molecule has 2 aromatic carbocycles. The molecule has 0 aliphatic rings. The average Bonchev–Trinajstić information content (AvgIpc) is 3.32. The fourth-order valence-corrected chi connectivity index (χ4v) is 3.63. The number of pyridine rings is 1. The number of hydrogen-bond donors (Lipinski definition) is 1. The van der Waals surface area contributed by atoms with E-state index in [1.165, 1.54) is 0 Å². The summed E-state index contributed by atoms with van der Waals surface area (Å²) in [5.41, 5.74) is 4.04. The molecule has 0 bridgehead atoms. The van der Waals surface area contributed by atoms with Gasteiger partial charge in [0.1, 0.15) is 0 Å². The maximum atomic E-state index is 13.1.